The van der Waals surface area contributed by atoms with Gasteiger partial charge < -0.3 is 20.6 Å². The number of aliphatic hydroxyl groups is 1. The molecule has 0 saturated carbocycles. The largest absolute Gasteiger partial charge is 0.396 e. The molecule has 3 N–H and O–H groups in total. The van der Waals surface area contributed by atoms with Crippen molar-refractivity contribution in [2.24, 2.45) is 0 Å². The number of halogens is 1. The molecular formula is C17H28FN3O2. The van der Waals surface area contributed by atoms with Gasteiger partial charge in [-0.25, -0.2) is 9.18 Å². The zero-order valence-electron chi connectivity index (χ0n) is 14.4. The molecule has 5 nitrogen and oxygen atoms in total. The smallest absolute Gasteiger partial charge is 0.315 e. The van der Waals surface area contributed by atoms with Crippen LogP contribution in [0.1, 0.15) is 38.3 Å². The van der Waals surface area contributed by atoms with Crippen molar-refractivity contribution in [3.05, 3.63) is 35.6 Å². The maximum absolute atomic E-state index is 13.4. The van der Waals surface area contributed by atoms with Crippen LogP contribution in [-0.4, -0.2) is 48.8 Å². The van der Waals surface area contributed by atoms with Crippen LogP contribution in [0.15, 0.2) is 24.3 Å². The number of benzene rings is 1. The summed E-state index contributed by atoms with van der Waals surface area (Å²) in [5, 5.41) is 14.8. The Hall–Kier alpha value is -1.66. The van der Waals surface area contributed by atoms with Crippen LogP contribution in [0.4, 0.5) is 9.18 Å². The van der Waals surface area contributed by atoms with E-state index in [2.05, 4.69) is 10.6 Å². The van der Waals surface area contributed by atoms with Crippen molar-refractivity contribution in [2.75, 3.05) is 27.2 Å². The highest BCUT2D eigenvalue weighted by Gasteiger charge is 2.24. The molecule has 0 spiro atoms. The molecule has 1 aromatic carbocycles. The molecule has 1 rings (SSSR count). The normalized spacial score (nSPS) is 15.1. The molecule has 0 fully saturated rings. The topological polar surface area (TPSA) is 64.6 Å². The summed E-state index contributed by atoms with van der Waals surface area (Å²) in [6, 6.07) is 5.98. The van der Waals surface area contributed by atoms with Crippen LogP contribution in [0.2, 0.25) is 0 Å². The average molecular weight is 325 g/mol. The van der Waals surface area contributed by atoms with Gasteiger partial charge in [0, 0.05) is 18.7 Å². The zero-order chi connectivity index (χ0) is 17.5. The monoisotopic (exact) mass is 325 g/mol. The molecule has 1 aromatic rings. The first-order valence-corrected chi connectivity index (χ1v) is 7.90. The molecule has 6 heteroatoms. The van der Waals surface area contributed by atoms with E-state index in [0.717, 1.165) is 12.0 Å². The molecule has 0 radical (unpaired) electrons. The van der Waals surface area contributed by atoms with Crippen LogP contribution in [0.25, 0.3) is 0 Å². The Morgan fingerprint density at radius 2 is 2.13 bits per heavy atom. The van der Waals surface area contributed by atoms with Gasteiger partial charge in [0.05, 0.1) is 6.04 Å². The van der Waals surface area contributed by atoms with Gasteiger partial charge >= 0.3 is 6.03 Å². The Morgan fingerprint density at radius 1 is 1.43 bits per heavy atom. The lowest BCUT2D eigenvalue weighted by molar-refractivity contribution is 0.197. The minimum absolute atomic E-state index is 0.0221. The third-order valence-corrected chi connectivity index (χ3v) is 4.17. The minimum atomic E-state index is -0.439. The molecule has 0 saturated heterocycles. The Morgan fingerprint density at radius 3 is 2.65 bits per heavy atom. The molecule has 2 unspecified atom stereocenters. The Labute approximate surface area is 137 Å². The molecule has 0 aliphatic rings. The lowest BCUT2D eigenvalue weighted by Gasteiger charge is -2.30. The Kier molecular flexibility index (Phi) is 7.45. The van der Waals surface area contributed by atoms with Crippen LogP contribution in [-0.2, 0) is 0 Å². The molecule has 0 bridgehead atoms. The van der Waals surface area contributed by atoms with Crippen molar-refractivity contribution in [3.8, 4) is 0 Å². The van der Waals surface area contributed by atoms with E-state index in [1.165, 1.54) is 12.1 Å². The van der Waals surface area contributed by atoms with E-state index in [4.69, 9.17) is 5.11 Å². The van der Waals surface area contributed by atoms with E-state index in [1.54, 1.807) is 6.07 Å². The van der Waals surface area contributed by atoms with E-state index in [9.17, 15) is 9.18 Å². The second kappa shape index (κ2) is 8.84. The van der Waals surface area contributed by atoms with Crippen molar-refractivity contribution in [1.29, 1.82) is 0 Å². The van der Waals surface area contributed by atoms with Gasteiger partial charge in [0.15, 0.2) is 0 Å². The second-order valence-corrected chi connectivity index (χ2v) is 6.26. The molecule has 0 aliphatic heterocycles. The van der Waals surface area contributed by atoms with Gasteiger partial charge in [-0.15, -0.1) is 0 Å². The van der Waals surface area contributed by atoms with E-state index >= 15 is 0 Å². The first-order chi connectivity index (χ1) is 10.8. The third-order valence-electron chi connectivity index (χ3n) is 4.17. The third kappa shape index (κ3) is 6.15. The van der Waals surface area contributed by atoms with Crippen molar-refractivity contribution < 1.29 is 14.3 Å². The van der Waals surface area contributed by atoms with E-state index in [1.807, 2.05) is 38.9 Å². The summed E-state index contributed by atoms with van der Waals surface area (Å²) in [6.07, 6.45) is 1.22. The van der Waals surface area contributed by atoms with E-state index in [0.29, 0.717) is 13.0 Å². The number of hydrogen-bond donors (Lipinski definition) is 3. The predicted molar refractivity (Wildman–Crippen MR) is 89.8 cm³/mol. The molecule has 2 atom stereocenters. The summed E-state index contributed by atoms with van der Waals surface area (Å²) in [5.41, 5.74) is 0.370. The fourth-order valence-corrected chi connectivity index (χ4v) is 2.39. The predicted octanol–water partition coefficient (Wildman–Crippen LogP) is 2.28. The highest BCUT2D eigenvalue weighted by Crippen LogP contribution is 2.18. The molecule has 23 heavy (non-hydrogen) atoms. The second-order valence-electron chi connectivity index (χ2n) is 6.26. The molecule has 0 aliphatic carbocycles. The van der Waals surface area contributed by atoms with Gasteiger partial charge in [-0.05, 0) is 51.6 Å². The summed E-state index contributed by atoms with van der Waals surface area (Å²) in [5.74, 6) is -0.291. The summed E-state index contributed by atoms with van der Waals surface area (Å²) < 4.78 is 13.4. The number of likely N-dealkylation sites (N-methyl/N-ethyl adjacent to an activating group) is 1. The molecular weight excluding hydrogens is 297 g/mol. The fraction of sp³-hybridized carbons (Fsp3) is 0.588. The Bertz CT molecular complexity index is 510. The van der Waals surface area contributed by atoms with Gasteiger partial charge in [-0.2, -0.15) is 0 Å². The Balaban J connectivity index is 2.67. The number of nitrogens with zero attached hydrogens (tertiary/aromatic N) is 1. The number of amides is 2. The first kappa shape index (κ1) is 19.4. The number of urea groups is 1. The summed E-state index contributed by atoms with van der Waals surface area (Å²) in [4.78, 5) is 14.1. The number of carbonyl (C=O) groups excluding carboxylic acids is 1. The van der Waals surface area contributed by atoms with E-state index in [-0.39, 0.29) is 24.5 Å². The van der Waals surface area contributed by atoms with Crippen molar-refractivity contribution >= 4 is 6.03 Å². The first-order valence-electron chi connectivity index (χ1n) is 7.90. The average Bonchev–Trinajstić information content (AvgIpc) is 2.47. The quantitative estimate of drug-likeness (QED) is 0.687. The number of aliphatic hydroxyl groups excluding tert-OH is 1. The highest BCUT2D eigenvalue weighted by atomic mass is 19.1. The van der Waals surface area contributed by atoms with Gasteiger partial charge in [0.2, 0.25) is 0 Å². The number of rotatable bonds is 8. The van der Waals surface area contributed by atoms with Gasteiger partial charge in [-0.1, -0.05) is 19.1 Å². The molecule has 130 valence electrons. The van der Waals surface area contributed by atoms with Gasteiger partial charge in [0.1, 0.15) is 5.82 Å². The van der Waals surface area contributed by atoms with Crippen LogP contribution >= 0.6 is 0 Å². The van der Waals surface area contributed by atoms with Crippen LogP contribution in [0, 0.1) is 5.82 Å². The van der Waals surface area contributed by atoms with Gasteiger partial charge in [-0.3, -0.25) is 0 Å². The van der Waals surface area contributed by atoms with E-state index < -0.39 is 5.54 Å². The summed E-state index contributed by atoms with van der Waals surface area (Å²) >= 11 is 0. The zero-order valence-corrected chi connectivity index (χ0v) is 14.4. The number of hydrogen-bond acceptors (Lipinski definition) is 3. The van der Waals surface area contributed by atoms with Gasteiger partial charge in [0.25, 0.3) is 0 Å². The summed E-state index contributed by atoms with van der Waals surface area (Å²) in [7, 11) is 3.77. The van der Waals surface area contributed by atoms with Crippen molar-refractivity contribution in [3.63, 3.8) is 0 Å². The highest BCUT2D eigenvalue weighted by molar-refractivity contribution is 5.74. The number of carbonyl (C=O) groups is 1. The number of nitrogens with one attached hydrogen (secondary N) is 2. The van der Waals surface area contributed by atoms with Crippen molar-refractivity contribution in [2.45, 2.75) is 38.3 Å². The lowest BCUT2D eigenvalue weighted by Crippen LogP contribution is -2.51. The molecule has 2 amide bonds. The maximum Gasteiger partial charge on any atom is 0.315 e. The van der Waals surface area contributed by atoms with Crippen LogP contribution in [0.3, 0.4) is 0 Å². The van der Waals surface area contributed by atoms with Crippen LogP contribution < -0.4 is 10.6 Å². The molecule has 0 heterocycles. The maximum atomic E-state index is 13.4. The van der Waals surface area contributed by atoms with Crippen molar-refractivity contribution in [1.82, 2.24) is 15.5 Å². The summed E-state index contributed by atoms with van der Waals surface area (Å²) in [6.45, 7) is 4.25. The standard InChI is InChI=1S/C17H28FN3O2/c1-5-17(2,9-10-22)20-16(23)19-12-15(21(3)4)13-7-6-8-14(18)11-13/h6-8,11,15,22H,5,9-10,12H2,1-4H3,(H2,19,20,23). The molecule has 0 aromatic heterocycles. The SMILES string of the molecule is CCC(C)(CCO)NC(=O)NCC(c1cccc(F)c1)N(C)C. The lowest BCUT2D eigenvalue weighted by atomic mass is 9.95. The fourth-order valence-electron chi connectivity index (χ4n) is 2.39. The van der Waals surface area contributed by atoms with Crippen LogP contribution in [0.5, 0.6) is 0 Å². The minimum Gasteiger partial charge on any atom is -0.396 e.